The van der Waals surface area contributed by atoms with Gasteiger partial charge in [0.05, 0.1) is 6.26 Å². The second kappa shape index (κ2) is 11.0. The summed E-state index contributed by atoms with van der Waals surface area (Å²) in [6.07, 6.45) is 4.87. The molecule has 0 saturated carbocycles. The maximum Gasteiger partial charge on any atom is 0.164 e. The van der Waals surface area contributed by atoms with E-state index < -0.39 is 5.41 Å². The number of ketones is 1. The molecule has 0 aliphatic carbocycles. The Hall–Kier alpha value is -2.23. The van der Waals surface area contributed by atoms with Crippen molar-refractivity contribution in [1.29, 1.82) is 0 Å². The van der Waals surface area contributed by atoms with E-state index in [1.165, 1.54) is 11.6 Å². The van der Waals surface area contributed by atoms with E-state index in [2.05, 4.69) is 50.9 Å². The number of carbonyl (C=O) groups excluding carboxylic acids is 1. The Morgan fingerprint density at radius 1 is 1.00 bits per heavy atom. The van der Waals surface area contributed by atoms with Gasteiger partial charge in [-0.2, -0.15) is 0 Å². The van der Waals surface area contributed by atoms with Gasteiger partial charge in [-0.05, 0) is 23.2 Å². The molecule has 0 unspecified atom stereocenters. The molecule has 0 amide bonds. The average Bonchev–Trinajstić information content (AvgIpc) is 3.13. The minimum atomic E-state index is -0.417. The molecular formula is C29H38IrNO3-. The number of carbonyl (C=O) groups is 1. The number of hydrogen-bond acceptors (Lipinski definition) is 4. The Kier molecular flexibility index (Phi) is 9.65. The number of nitrogens with zero attached hydrogens (tertiary/aromatic N) is 1. The van der Waals surface area contributed by atoms with Crippen LogP contribution in [0, 0.1) is 23.8 Å². The van der Waals surface area contributed by atoms with Crippen molar-refractivity contribution in [2.75, 3.05) is 0 Å². The monoisotopic (exact) mass is 641 g/mol. The van der Waals surface area contributed by atoms with E-state index in [1.807, 2.05) is 59.9 Å². The van der Waals surface area contributed by atoms with Gasteiger partial charge in [0, 0.05) is 48.6 Å². The molecule has 0 atom stereocenters. The van der Waals surface area contributed by atoms with Gasteiger partial charge < -0.3 is 14.5 Å². The van der Waals surface area contributed by atoms with Crippen LogP contribution in [0.2, 0.25) is 0 Å². The van der Waals surface area contributed by atoms with Crippen LogP contribution in [0.1, 0.15) is 73.4 Å². The van der Waals surface area contributed by atoms with E-state index in [9.17, 15) is 9.90 Å². The van der Waals surface area contributed by atoms with Gasteiger partial charge in [0.2, 0.25) is 0 Å². The number of aliphatic hydroxyl groups excluding tert-OH is 1. The Morgan fingerprint density at radius 3 is 2.15 bits per heavy atom. The number of furan rings is 1. The van der Waals surface area contributed by atoms with Gasteiger partial charge in [0.15, 0.2) is 5.78 Å². The van der Waals surface area contributed by atoms with Gasteiger partial charge in [0.1, 0.15) is 11.3 Å². The Balaban J connectivity index is 0.000000364. The fourth-order valence-electron chi connectivity index (χ4n) is 2.85. The van der Waals surface area contributed by atoms with E-state index in [4.69, 9.17) is 4.42 Å². The first-order valence-electron chi connectivity index (χ1n) is 11.3. The third-order valence-corrected chi connectivity index (χ3v) is 5.26. The molecule has 0 saturated heterocycles. The van der Waals surface area contributed by atoms with E-state index in [0.29, 0.717) is 0 Å². The van der Waals surface area contributed by atoms with Gasteiger partial charge in [-0.25, -0.2) is 0 Å². The maximum atomic E-state index is 11.5. The number of aromatic nitrogens is 1. The molecule has 0 bridgehead atoms. The van der Waals surface area contributed by atoms with Gasteiger partial charge in [-0.1, -0.05) is 69.2 Å². The predicted molar refractivity (Wildman–Crippen MR) is 136 cm³/mol. The number of hydrogen-bond donors (Lipinski definition) is 1. The fourth-order valence-corrected chi connectivity index (χ4v) is 2.85. The van der Waals surface area contributed by atoms with Crippen molar-refractivity contribution < 1.29 is 34.4 Å². The van der Waals surface area contributed by atoms with Crippen LogP contribution in [0.25, 0.3) is 22.2 Å². The van der Waals surface area contributed by atoms with E-state index in [0.717, 1.165) is 27.8 Å². The van der Waals surface area contributed by atoms with Crippen LogP contribution in [0.3, 0.4) is 0 Å². The van der Waals surface area contributed by atoms with Crippen LogP contribution >= 0.6 is 0 Å². The van der Waals surface area contributed by atoms with Crippen LogP contribution in [-0.2, 0) is 30.3 Å². The molecule has 0 aliphatic rings. The summed E-state index contributed by atoms with van der Waals surface area (Å²) in [5, 5.41) is 10.6. The molecule has 34 heavy (non-hydrogen) atoms. The quantitative estimate of drug-likeness (QED) is 0.175. The third kappa shape index (κ3) is 8.21. The number of pyridine rings is 1. The van der Waals surface area contributed by atoms with Gasteiger partial charge in [-0.15, -0.1) is 34.9 Å². The van der Waals surface area contributed by atoms with E-state index in [1.54, 1.807) is 6.26 Å². The van der Waals surface area contributed by atoms with Crippen molar-refractivity contribution in [1.82, 2.24) is 4.98 Å². The summed E-state index contributed by atoms with van der Waals surface area (Å²) in [7, 11) is 0. The van der Waals surface area contributed by atoms with E-state index in [-0.39, 0.29) is 42.5 Å². The minimum Gasteiger partial charge on any atom is -0.512 e. The normalized spacial score (nSPS) is 12.6. The molecule has 1 N–H and O–H groups in total. The summed E-state index contributed by atoms with van der Waals surface area (Å²) in [4.78, 5) is 16.0. The number of allylic oxidation sites excluding steroid dienone is 2. The molecule has 2 heterocycles. The summed E-state index contributed by atoms with van der Waals surface area (Å²) < 4.78 is 5.45. The smallest absolute Gasteiger partial charge is 0.164 e. The van der Waals surface area contributed by atoms with Gasteiger partial charge >= 0.3 is 0 Å². The first-order chi connectivity index (χ1) is 15.0. The van der Waals surface area contributed by atoms with Crippen LogP contribution in [0.5, 0.6) is 0 Å². The Labute approximate surface area is 218 Å². The van der Waals surface area contributed by atoms with Crippen molar-refractivity contribution in [3.8, 4) is 11.3 Å². The second-order valence-electron chi connectivity index (χ2n) is 11.6. The maximum absolute atomic E-state index is 11.5. The first kappa shape index (κ1) is 29.8. The average molecular weight is 641 g/mol. The largest absolute Gasteiger partial charge is 0.512 e. The summed E-state index contributed by atoms with van der Waals surface area (Å²) in [5.41, 5.74) is 4.57. The zero-order chi connectivity index (χ0) is 25.2. The fraction of sp³-hybridized carbons (Fsp3) is 0.448. The topological polar surface area (TPSA) is 63.3 Å². The second-order valence-corrected chi connectivity index (χ2v) is 11.6. The summed E-state index contributed by atoms with van der Waals surface area (Å²) in [5.74, 6) is 0.104. The van der Waals surface area contributed by atoms with Crippen LogP contribution < -0.4 is 0 Å². The zero-order valence-electron chi connectivity index (χ0n) is 22.1. The Bertz CT molecular complexity index is 1150. The molecule has 4 nitrogen and oxygen atoms in total. The third-order valence-electron chi connectivity index (χ3n) is 5.26. The molecular weight excluding hydrogens is 603 g/mol. The molecule has 0 aliphatic heterocycles. The SMILES string of the molecule is CC(C)(C)C(=O)/C=C(\O)C(C)(C)C.Cc1[c-]c(-c2cc3occc3cn2)cc(C(C)(C)C)c1.[Ir]. The number of rotatable bonds is 2. The first-order valence-corrected chi connectivity index (χ1v) is 11.3. The molecule has 187 valence electrons. The van der Waals surface area contributed by atoms with Crippen molar-refractivity contribution in [2.45, 2.75) is 74.7 Å². The molecule has 3 aromatic rings. The number of aryl methyl sites for hydroxylation is 1. The Morgan fingerprint density at radius 2 is 1.62 bits per heavy atom. The molecule has 1 radical (unpaired) electrons. The zero-order valence-corrected chi connectivity index (χ0v) is 24.5. The molecule has 0 fully saturated rings. The summed E-state index contributed by atoms with van der Waals surface area (Å²) in [6, 6.07) is 11.7. The molecule has 2 aromatic heterocycles. The van der Waals surface area contributed by atoms with Crippen LogP contribution in [0.4, 0.5) is 0 Å². The molecule has 3 rings (SSSR count). The van der Waals surface area contributed by atoms with Crippen molar-refractivity contribution in [3.63, 3.8) is 0 Å². The molecule has 0 spiro atoms. The van der Waals surface area contributed by atoms with Crippen LogP contribution in [-0.4, -0.2) is 15.9 Å². The number of benzene rings is 1. The summed E-state index contributed by atoms with van der Waals surface area (Å²) in [6.45, 7) is 19.8. The van der Waals surface area contributed by atoms with Crippen molar-refractivity contribution in [2.24, 2.45) is 10.8 Å². The van der Waals surface area contributed by atoms with Crippen LogP contribution in [0.15, 0.2) is 53.0 Å². The minimum absolute atomic E-state index is 0. The molecule has 1 aromatic carbocycles. The van der Waals surface area contributed by atoms with Gasteiger partial charge in [-0.3, -0.25) is 4.79 Å². The predicted octanol–water partition coefficient (Wildman–Crippen LogP) is 7.99. The summed E-state index contributed by atoms with van der Waals surface area (Å²) >= 11 is 0. The van der Waals surface area contributed by atoms with Gasteiger partial charge in [0.25, 0.3) is 0 Å². The number of aliphatic hydroxyl groups is 1. The standard InChI is InChI=1S/C18H18NO.C11H20O2.Ir/c1-12-7-14(9-15(8-12)18(2,3)4)16-10-17-13(11-19-16)5-6-20-17;1-10(2,3)8(12)7-9(13)11(4,5)6;/h5-6,8-11H,1-4H3;7,12H,1-6H3;/q-1;;/b;8-7-;. The van der Waals surface area contributed by atoms with Crippen molar-refractivity contribution in [3.05, 3.63) is 65.8 Å². The van der Waals surface area contributed by atoms with Crippen molar-refractivity contribution >= 4 is 16.8 Å². The van der Waals surface area contributed by atoms with E-state index >= 15 is 0 Å². The molecule has 5 heteroatoms. The number of fused-ring (bicyclic) bond motifs is 1.